The van der Waals surface area contributed by atoms with Gasteiger partial charge in [-0.25, -0.2) is 9.59 Å². The number of aromatic amines is 1. The summed E-state index contributed by atoms with van der Waals surface area (Å²) in [4.78, 5) is 36.5. The molecule has 1 aliphatic heterocycles. The summed E-state index contributed by atoms with van der Waals surface area (Å²) >= 11 is 0. The molecular weight excluding hydrogens is 214 g/mol. The number of Topliss-reactive ketones (excluding diaryl/α,β-unsaturated/α-hetero) is 1. The van der Waals surface area contributed by atoms with Crippen LogP contribution in [0.5, 0.6) is 0 Å². The van der Waals surface area contributed by atoms with Crippen molar-refractivity contribution in [3.05, 3.63) is 29.6 Å². The van der Waals surface area contributed by atoms with Crippen LogP contribution in [0.1, 0.15) is 5.69 Å². The van der Waals surface area contributed by atoms with Crippen molar-refractivity contribution in [3.63, 3.8) is 0 Å². The van der Waals surface area contributed by atoms with Crippen LogP contribution in [0.25, 0.3) is 5.76 Å². The van der Waals surface area contributed by atoms with Crippen molar-refractivity contribution in [1.29, 1.82) is 0 Å². The van der Waals surface area contributed by atoms with Crippen LogP contribution in [0.15, 0.2) is 23.9 Å². The van der Waals surface area contributed by atoms with Crippen molar-refractivity contribution in [2.45, 2.75) is 0 Å². The molecule has 2 heterocycles. The standard InChI is InChI=1S/C10H7NO5/c1-15-9(13)6-7(12)10(14)16-8(6)5-3-2-4-11-5/h2-4,11H,1H3. The van der Waals surface area contributed by atoms with E-state index in [1.54, 1.807) is 18.3 Å². The predicted octanol–water partition coefficient (Wildman–Crippen LogP) is 0.0247. The van der Waals surface area contributed by atoms with Gasteiger partial charge in [0, 0.05) is 6.20 Å². The molecule has 1 aliphatic rings. The number of aromatic nitrogens is 1. The summed E-state index contributed by atoms with van der Waals surface area (Å²) in [7, 11) is 1.12. The summed E-state index contributed by atoms with van der Waals surface area (Å²) in [5.74, 6) is -3.05. The molecule has 1 aromatic rings. The van der Waals surface area contributed by atoms with E-state index < -0.39 is 17.7 Å². The van der Waals surface area contributed by atoms with Crippen LogP contribution in [0, 0.1) is 0 Å². The van der Waals surface area contributed by atoms with E-state index >= 15 is 0 Å². The van der Waals surface area contributed by atoms with Crippen molar-refractivity contribution >= 4 is 23.5 Å². The number of hydrogen-bond acceptors (Lipinski definition) is 5. The number of ether oxygens (including phenoxy) is 2. The zero-order valence-corrected chi connectivity index (χ0v) is 8.27. The van der Waals surface area contributed by atoms with E-state index in [1.165, 1.54) is 0 Å². The number of esters is 2. The first-order valence-electron chi connectivity index (χ1n) is 4.38. The topological polar surface area (TPSA) is 85.5 Å². The van der Waals surface area contributed by atoms with Crippen LogP contribution in [0.3, 0.4) is 0 Å². The zero-order chi connectivity index (χ0) is 11.7. The Kier molecular flexibility index (Phi) is 2.32. The quantitative estimate of drug-likeness (QED) is 0.432. The molecule has 82 valence electrons. The molecule has 0 bridgehead atoms. The average Bonchev–Trinajstić information content (AvgIpc) is 2.87. The summed E-state index contributed by atoms with van der Waals surface area (Å²) in [6.45, 7) is 0. The molecule has 16 heavy (non-hydrogen) atoms. The van der Waals surface area contributed by atoms with Crippen molar-refractivity contribution < 1.29 is 23.9 Å². The first-order chi connectivity index (χ1) is 7.65. The zero-order valence-electron chi connectivity index (χ0n) is 8.27. The van der Waals surface area contributed by atoms with Gasteiger partial charge in [0.25, 0.3) is 5.78 Å². The van der Waals surface area contributed by atoms with E-state index in [2.05, 4.69) is 9.72 Å². The second kappa shape index (κ2) is 3.65. The van der Waals surface area contributed by atoms with Crippen LogP contribution in [0.4, 0.5) is 0 Å². The summed E-state index contributed by atoms with van der Waals surface area (Å²) in [6.07, 6.45) is 1.58. The molecule has 0 aliphatic carbocycles. The van der Waals surface area contributed by atoms with E-state index in [4.69, 9.17) is 4.74 Å². The van der Waals surface area contributed by atoms with Gasteiger partial charge in [-0.05, 0) is 12.1 Å². The summed E-state index contributed by atoms with van der Waals surface area (Å²) in [5, 5.41) is 0. The molecule has 0 saturated heterocycles. The van der Waals surface area contributed by atoms with Gasteiger partial charge < -0.3 is 14.5 Å². The van der Waals surface area contributed by atoms with Crippen LogP contribution in [0.2, 0.25) is 0 Å². The Morgan fingerprint density at radius 3 is 2.75 bits per heavy atom. The summed E-state index contributed by atoms with van der Waals surface area (Å²) in [6, 6.07) is 3.22. The number of hydrogen-bond donors (Lipinski definition) is 1. The third kappa shape index (κ3) is 1.40. The molecular formula is C10H7NO5. The number of methoxy groups -OCH3 is 1. The molecule has 0 saturated carbocycles. The molecule has 2 rings (SSSR count). The van der Waals surface area contributed by atoms with Gasteiger partial charge in [0.15, 0.2) is 11.3 Å². The Hall–Kier alpha value is -2.37. The Bertz CT molecular complexity index is 497. The maximum atomic E-state index is 11.4. The number of rotatable bonds is 2. The van der Waals surface area contributed by atoms with E-state index in [9.17, 15) is 14.4 Å². The van der Waals surface area contributed by atoms with Crippen molar-refractivity contribution in [2.75, 3.05) is 7.11 Å². The van der Waals surface area contributed by atoms with E-state index in [0.717, 1.165) is 7.11 Å². The lowest BCUT2D eigenvalue weighted by Gasteiger charge is -1.99. The lowest BCUT2D eigenvalue weighted by Crippen LogP contribution is -2.16. The Morgan fingerprint density at radius 2 is 2.19 bits per heavy atom. The molecule has 0 unspecified atom stereocenters. The highest BCUT2D eigenvalue weighted by Crippen LogP contribution is 2.26. The summed E-state index contributed by atoms with van der Waals surface area (Å²) in [5.41, 5.74) is -0.00505. The third-order valence-electron chi connectivity index (χ3n) is 2.07. The molecule has 0 fully saturated rings. The first kappa shape index (κ1) is 10.2. The van der Waals surface area contributed by atoms with Gasteiger partial charge in [0.05, 0.1) is 12.8 Å². The maximum absolute atomic E-state index is 11.4. The van der Waals surface area contributed by atoms with Gasteiger partial charge in [-0.2, -0.15) is 0 Å². The molecule has 0 atom stereocenters. The normalized spacial score (nSPS) is 15.3. The van der Waals surface area contributed by atoms with Crippen LogP contribution in [-0.4, -0.2) is 29.8 Å². The molecule has 1 aromatic heterocycles. The monoisotopic (exact) mass is 221 g/mol. The fourth-order valence-electron chi connectivity index (χ4n) is 1.34. The highest BCUT2D eigenvalue weighted by atomic mass is 16.6. The van der Waals surface area contributed by atoms with Crippen LogP contribution in [-0.2, 0) is 23.9 Å². The maximum Gasteiger partial charge on any atom is 0.385 e. The SMILES string of the molecule is COC(=O)C1=C(c2ccc[nH]2)OC(=O)C1=O. The third-order valence-corrected chi connectivity index (χ3v) is 2.07. The Morgan fingerprint density at radius 1 is 1.44 bits per heavy atom. The molecule has 0 spiro atoms. The molecule has 6 heteroatoms. The number of H-pyrrole nitrogens is 1. The van der Waals surface area contributed by atoms with E-state index in [1.807, 2.05) is 0 Å². The van der Waals surface area contributed by atoms with Crippen molar-refractivity contribution in [2.24, 2.45) is 0 Å². The molecule has 0 aromatic carbocycles. The molecule has 0 amide bonds. The van der Waals surface area contributed by atoms with Gasteiger partial charge >= 0.3 is 11.9 Å². The minimum absolute atomic E-state index is 0.0909. The van der Waals surface area contributed by atoms with Crippen LogP contribution >= 0.6 is 0 Å². The molecule has 0 radical (unpaired) electrons. The van der Waals surface area contributed by atoms with Gasteiger partial charge in [0.1, 0.15) is 0 Å². The highest BCUT2D eigenvalue weighted by Gasteiger charge is 2.40. The number of cyclic esters (lactones) is 1. The number of ketones is 1. The number of carbonyl (C=O) groups excluding carboxylic acids is 3. The smallest absolute Gasteiger partial charge is 0.385 e. The number of nitrogens with one attached hydrogen (secondary N) is 1. The second-order valence-electron chi connectivity index (χ2n) is 3.00. The van der Waals surface area contributed by atoms with Gasteiger partial charge in [-0.3, -0.25) is 4.79 Å². The average molecular weight is 221 g/mol. The van der Waals surface area contributed by atoms with Crippen molar-refractivity contribution in [3.8, 4) is 0 Å². The van der Waals surface area contributed by atoms with E-state index in [-0.39, 0.29) is 11.3 Å². The van der Waals surface area contributed by atoms with Gasteiger partial charge in [-0.15, -0.1) is 0 Å². The molecule has 6 nitrogen and oxygen atoms in total. The largest absolute Gasteiger partial charge is 0.465 e. The fraction of sp³-hybridized carbons (Fsp3) is 0.100. The Labute approximate surface area is 89.8 Å². The van der Waals surface area contributed by atoms with Gasteiger partial charge in [0.2, 0.25) is 0 Å². The minimum Gasteiger partial charge on any atom is -0.465 e. The summed E-state index contributed by atoms with van der Waals surface area (Å²) < 4.78 is 9.13. The van der Waals surface area contributed by atoms with Crippen molar-refractivity contribution in [1.82, 2.24) is 4.98 Å². The lowest BCUT2D eigenvalue weighted by molar-refractivity contribution is -0.146. The molecule has 1 N–H and O–H groups in total. The van der Waals surface area contributed by atoms with Crippen LogP contribution < -0.4 is 0 Å². The van der Waals surface area contributed by atoms with E-state index in [0.29, 0.717) is 5.69 Å². The van der Waals surface area contributed by atoms with Gasteiger partial charge in [-0.1, -0.05) is 0 Å². The Balaban J connectivity index is 2.53. The number of carbonyl (C=O) groups is 3. The first-order valence-corrected chi connectivity index (χ1v) is 4.38. The lowest BCUT2D eigenvalue weighted by atomic mass is 10.1. The minimum atomic E-state index is -1.08. The fourth-order valence-corrected chi connectivity index (χ4v) is 1.34. The predicted molar refractivity (Wildman–Crippen MR) is 50.8 cm³/mol. The second-order valence-corrected chi connectivity index (χ2v) is 3.00. The highest BCUT2D eigenvalue weighted by molar-refractivity contribution is 6.51.